The van der Waals surface area contributed by atoms with Crippen LogP contribution in [0.4, 0.5) is 0 Å². The lowest BCUT2D eigenvalue weighted by Crippen LogP contribution is -2.48. The zero-order valence-corrected chi connectivity index (χ0v) is 17.8. The number of hydrogen-bond donors (Lipinski definition) is 4. The maximum absolute atomic E-state index is 11.9. The Morgan fingerprint density at radius 3 is 2.35 bits per heavy atom. The number of rotatable bonds is 8. The van der Waals surface area contributed by atoms with Crippen molar-refractivity contribution in [1.82, 2.24) is 21.5 Å². The van der Waals surface area contributed by atoms with E-state index in [1.54, 1.807) is 25.3 Å². The van der Waals surface area contributed by atoms with Crippen molar-refractivity contribution in [2.75, 3.05) is 7.11 Å². The van der Waals surface area contributed by atoms with Gasteiger partial charge in [0, 0.05) is 31.0 Å². The largest absolute Gasteiger partial charge is 0.496 e. The molecule has 8 nitrogen and oxygen atoms in total. The lowest BCUT2D eigenvalue weighted by atomic mass is 10.2. The first-order chi connectivity index (χ1) is 15.0. The average molecular weight is 441 g/mol. The molecule has 0 aliphatic heterocycles. The van der Waals surface area contributed by atoms with Gasteiger partial charge in [0.1, 0.15) is 5.75 Å². The van der Waals surface area contributed by atoms with Gasteiger partial charge in [0.15, 0.2) is 5.11 Å². The first kappa shape index (κ1) is 23.6. The zero-order valence-electron chi connectivity index (χ0n) is 17.0. The average Bonchev–Trinajstić information content (AvgIpc) is 2.79. The van der Waals surface area contributed by atoms with Crippen LogP contribution in [0, 0.1) is 0 Å². The van der Waals surface area contributed by atoms with E-state index in [1.807, 2.05) is 42.5 Å². The summed E-state index contributed by atoms with van der Waals surface area (Å²) >= 11 is 4.96. The van der Waals surface area contributed by atoms with Crippen molar-refractivity contribution < 1.29 is 19.1 Å². The van der Waals surface area contributed by atoms with Crippen LogP contribution in [0.5, 0.6) is 5.75 Å². The summed E-state index contributed by atoms with van der Waals surface area (Å²) in [4.78, 5) is 35.6. The highest BCUT2D eigenvalue weighted by atomic mass is 32.1. The SMILES string of the molecule is COc1ccccc1/C=C/C(=O)NC(=S)NNC(=O)CCC(=O)NCc1ccccc1. The highest BCUT2D eigenvalue weighted by Crippen LogP contribution is 2.18. The quantitative estimate of drug-likeness (QED) is 0.283. The van der Waals surface area contributed by atoms with E-state index in [-0.39, 0.29) is 23.9 Å². The summed E-state index contributed by atoms with van der Waals surface area (Å²) in [5.74, 6) is -0.516. The number of amides is 3. The highest BCUT2D eigenvalue weighted by Gasteiger charge is 2.08. The molecule has 0 saturated heterocycles. The molecule has 0 saturated carbocycles. The third-order valence-electron chi connectivity index (χ3n) is 4.02. The third kappa shape index (κ3) is 9.09. The van der Waals surface area contributed by atoms with Crippen LogP contribution < -0.4 is 26.2 Å². The maximum Gasteiger partial charge on any atom is 0.250 e. The van der Waals surface area contributed by atoms with Crippen molar-refractivity contribution in [2.45, 2.75) is 19.4 Å². The Hall–Kier alpha value is -3.72. The van der Waals surface area contributed by atoms with Crippen molar-refractivity contribution in [1.29, 1.82) is 0 Å². The number of carbonyl (C=O) groups is 3. The van der Waals surface area contributed by atoms with Crippen molar-refractivity contribution in [2.24, 2.45) is 0 Å². The second kappa shape index (κ2) is 12.8. The number of para-hydroxylation sites is 1. The van der Waals surface area contributed by atoms with Crippen molar-refractivity contribution in [3.63, 3.8) is 0 Å². The molecule has 9 heteroatoms. The number of benzene rings is 2. The fraction of sp³-hybridized carbons (Fsp3) is 0.182. The second-order valence-corrected chi connectivity index (χ2v) is 6.74. The second-order valence-electron chi connectivity index (χ2n) is 6.33. The van der Waals surface area contributed by atoms with Gasteiger partial charge in [0.25, 0.3) is 0 Å². The first-order valence-corrected chi connectivity index (χ1v) is 9.90. The van der Waals surface area contributed by atoms with E-state index in [9.17, 15) is 14.4 Å². The normalized spacial score (nSPS) is 10.2. The highest BCUT2D eigenvalue weighted by molar-refractivity contribution is 7.80. The Kier molecular flexibility index (Phi) is 9.70. The van der Waals surface area contributed by atoms with Gasteiger partial charge in [0.2, 0.25) is 17.7 Å². The van der Waals surface area contributed by atoms with E-state index in [0.29, 0.717) is 12.3 Å². The maximum atomic E-state index is 11.9. The number of thiocarbonyl (C=S) groups is 1. The van der Waals surface area contributed by atoms with E-state index < -0.39 is 11.8 Å². The molecule has 0 fully saturated rings. The number of hydrogen-bond acceptors (Lipinski definition) is 5. The predicted octanol–water partition coefficient (Wildman–Crippen LogP) is 1.83. The van der Waals surface area contributed by atoms with Gasteiger partial charge in [-0.25, -0.2) is 0 Å². The molecule has 2 rings (SSSR count). The van der Waals surface area contributed by atoms with Crippen LogP contribution in [0.1, 0.15) is 24.0 Å². The number of hydrazine groups is 1. The molecule has 4 N–H and O–H groups in total. The molecule has 0 unspecified atom stereocenters. The molecule has 162 valence electrons. The minimum absolute atomic E-state index is 0.0289. The molecular formula is C22H24N4O4S. The summed E-state index contributed by atoms with van der Waals surface area (Å²) in [6.07, 6.45) is 2.88. The monoisotopic (exact) mass is 440 g/mol. The number of methoxy groups -OCH3 is 1. The van der Waals surface area contributed by atoms with E-state index in [1.165, 1.54) is 6.08 Å². The molecule has 0 spiro atoms. The minimum Gasteiger partial charge on any atom is -0.496 e. The summed E-state index contributed by atoms with van der Waals surface area (Å²) in [7, 11) is 1.54. The van der Waals surface area contributed by atoms with Crippen LogP contribution in [0.3, 0.4) is 0 Å². The summed E-state index contributed by atoms with van der Waals surface area (Å²) < 4.78 is 5.20. The summed E-state index contributed by atoms with van der Waals surface area (Å²) in [6.45, 7) is 0.401. The molecule has 0 aliphatic rings. The van der Waals surface area contributed by atoms with Crippen LogP contribution in [0.2, 0.25) is 0 Å². The Morgan fingerprint density at radius 1 is 0.935 bits per heavy atom. The van der Waals surface area contributed by atoms with Crippen molar-refractivity contribution >= 4 is 41.1 Å². The molecule has 0 atom stereocenters. The lowest BCUT2D eigenvalue weighted by molar-refractivity contribution is -0.126. The topological polar surface area (TPSA) is 109 Å². The molecule has 0 aromatic heterocycles. The number of nitrogens with one attached hydrogen (secondary N) is 4. The Labute approximate surface area is 186 Å². The Morgan fingerprint density at radius 2 is 1.61 bits per heavy atom. The molecule has 3 amide bonds. The van der Waals surface area contributed by atoms with Crippen molar-refractivity contribution in [3.8, 4) is 5.75 Å². The predicted molar refractivity (Wildman–Crippen MR) is 122 cm³/mol. The van der Waals surface area contributed by atoms with Crippen LogP contribution in [0.25, 0.3) is 6.08 Å². The molecule has 0 bridgehead atoms. The van der Waals surface area contributed by atoms with E-state index in [0.717, 1.165) is 11.1 Å². The van der Waals surface area contributed by atoms with Gasteiger partial charge >= 0.3 is 0 Å². The molecule has 0 aliphatic carbocycles. The third-order valence-corrected chi connectivity index (χ3v) is 4.22. The van der Waals surface area contributed by atoms with Gasteiger partial charge in [-0.1, -0.05) is 48.5 Å². The van der Waals surface area contributed by atoms with Gasteiger partial charge < -0.3 is 10.1 Å². The summed E-state index contributed by atoms with van der Waals surface area (Å²) in [5, 5.41) is 5.08. The molecule has 2 aromatic rings. The fourth-order valence-electron chi connectivity index (χ4n) is 2.46. The van der Waals surface area contributed by atoms with E-state index in [4.69, 9.17) is 17.0 Å². The van der Waals surface area contributed by atoms with E-state index >= 15 is 0 Å². The minimum atomic E-state index is -0.474. The van der Waals surface area contributed by atoms with Crippen molar-refractivity contribution in [3.05, 3.63) is 71.8 Å². The fourth-order valence-corrected chi connectivity index (χ4v) is 2.61. The number of ether oxygens (including phenoxy) is 1. The lowest BCUT2D eigenvalue weighted by Gasteiger charge is -2.10. The van der Waals surface area contributed by atoms with Gasteiger partial charge in [-0.2, -0.15) is 0 Å². The smallest absolute Gasteiger partial charge is 0.250 e. The van der Waals surface area contributed by atoms with Gasteiger partial charge in [-0.05, 0) is 29.9 Å². The van der Waals surface area contributed by atoms with Crippen LogP contribution >= 0.6 is 12.2 Å². The zero-order chi connectivity index (χ0) is 22.5. The molecule has 0 radical (unpaired) electrons. The standard InChI is InChI=1S/C22H24N4O4S/c1-30-18-10-6-5-9-17(18)11-12-20(28)24-22(31)26-25-21(29)14-13-19(27)23-15-16-7-3-2-4-8-16/h2-12H,13-15H2,1H3,(H,23,27)(H,25,29)(H2,24,26,28,31)/b12-11+. The number of carbonyl (C=O) groups excluding carboxylic acids is 3. The molecule has 0 heterocycles. The molecule has 31 heavy (non-hydrogen) atoms. The van der Waals surface area contributed by atoms with Gasteiger partial charge in [-0.3, -0.25) is 30.6 Å². The summed E-state index contributed by atoms with van der Waals surface area (Å²) in [5.41, 5.74) is 6.47. The summed E-state index contributed by atoms with van der Waals surface area (Å²) in [6, 6.07) is 16.7. The molecule has 2 aromatic carbocycles. The van der Waals surface area contributed by atoms with Crippen LogP contribution in [0.15, 0.2) is 60.7 Å². The van der Waals surface area contributed by atoms with Gasteiger partial charge in [-0.15, -0.1) is 0 Å². The van der Waals surface area contributed by atoms with Crippen LogP contribution in [-0.2, 0) is 20.9 Å². The van der Waals surface area contributed by atoms with E-state index in [2.05, 4.69) is 21.5 Å². The Bertz CT molecular complexity index is 948. The van der Waals surface area contributed by atoms with Gasteiger partial charge in [0.05, 0.1) is 7.11 Å². The molecular weight excluding hydrogens is 416 g/mol. The first-order valence-electron chi connectivity index (χ1n) is 9.49. The van der Waals surface area contributed by atoms with Crippen LogP contribution in [-0.4, -0.2) is 29.9 Å². The Balaban J connectivity index is 1.64.